The first kappa shape index (κ1) is 15.2. The first-order valence-corrected chi connectivity index (χ1v) is 7.98. The van der Waals surface area contributed by atoms with Crippen LogP contribution in [0.3, 0.4) is 0 Å². The van der Waals surface area contributed by atoms with Gasteiger partial charge in [0.05, 0.1) is 0 Å². The Balaban J connectivity index is 2.22. The number of amides is 2. The van der Waals surface area contributed by atoms with Crippen molar-refractivity contribution in [2.75, 3.05) is 7.11 Å². The van der Waals surface area contributed by atoms with Gasteiger partial charge in [0.1, 0.15) is 0 Å². The maximum atomic E-state index is 11.8. The van der Waals surface area contributed by atoms with E-state index in [0.29, 0.717) is 5.76 Å². The molecule has 0 aromatic heterocycles. The summed E-state index contributed by atoms with van der Waals surface area (Å²) in [6.07, 6.45) is 4.47. The minimum absolute atomic E-state index is 0.0325. The van der Waals surface area contributed by atoms with Crippen LogP contribution in [0.4, 0.5) is 4.79 Å². The molecule has 108 valence electrons. The predicted octanol–water partition coefficient (Wildman–Crippen LogP) is 1.62. The van der Waals surface area contributed by atoms with Gasteiger partial charge in [-0.1, -0.05) is 0 Å². The molecular weight excluding hydrogens is 430 g/mol. The van der Waals surface area contributed by atoms with Crippen LogP contribution in [0, 0.1) is 5.92 Å². The van der Waals surface area contributed by atoms with E-state index in [1.807, 2.05) is 6.08 Å². The van der Waals surface area contributed by atoms with Crippen molar-refractivity contribution in [3.8, 4) is 0 Å². The van der Waals surface area contributed by atoms with Gasteiger partial charge in [-0.05, 0) is 0 Å². The van der Waals surface area contributed by atoms with E-state index >= 15 is 0 Å². The van der Waals surface area contributed by atoms with Crippen LogP contribution in [0.15, 0.2) is 24.0 Å². The molecule has 5 nitrogen and oxygen atoms in total. The van der Waals surface area contributed by atoms with Crippen LogP contribution in [0.25, 0.3) is 0 Å². The van der Waals surface area contributed by atoms with E-state index in [0.717, 1.165) is 35.2 Å². The van der Waals surface area contributed by atoms with Crippen LogP contribution in [0.2, 0.25) is 0 Å². The summed E-state index contributed by atoms with van der Waals surface area (Å²) < 4.78 is 11.4. The molecule has 2 unspecified atom stereocenters. The first-order chi connectivity index (χ1) is 9.52. The molecule has 1 saturated carbocycles. The van der Waals surface area contributed by atoms with Crippen molar-refractivity contribution in [3.05, 3.63) is 24.0 Å². The molecule has 2 rings (SSSR count). The van der Waals surface area contributed by atoms with Crippen LogP contribution in [-0.4, -0.2) is 29.1 Å². The number of nitrogens with one attached hydrogen (secondary N) is 1. The molecule has 2 fully saturated rings. The topological polar surface area (TPSA) is 64.6 Å². The van der Waals surface area contributed by atoms with E-state index in [4.69, 9.17) is 9.47 Å². The molecule has 1 heterocycles. The van der Waals surface area contributed by atoms with Crippen molar-refractivity contribution >= 4 is 15.9 Å². The fourth-order valence-corrected chi connectivity index (χ4v) is 3.94. The predicted molar refractivity (Wildman–Crippen MR) is 69.6 cm³/mol. The Labute approximate surface area is 128 Å². The third-order valence-corrected chi connectivity index (χ3v) is 5.57. The zero-order chi connectivity index (χ0) is 14.7. The third-order valence-electron chi connectivity index (χ3n) is 3.55. The molecule has 2 aliphatic rings. The summed E-state index contributed by atoms with van der Waals surface area (Å²) in [6.45, 7) is 3.81. The quantitative estimate of drug-likeness (QED) is 0.528. The Morgan fingerprint density at radius 3 is 2.85 bits per heavy atom. The summed E-state index contributed by atoms with van der Waals surface area (Å²) in [5.41, 5.74) is 1.16. The molecule has 0 aromatic carbocycles. The Morgan fingerprint density at radius 2 is 2.25 bits per heavy atom. The van der Waals surface area contributed by atoms with E-state index in [-0.39, 0.29) is 11.8 Å². The van der Waals surface area contributed by atoms with Gasteiger partial charge in [-0.25, -0.2) is 0 Å². The average Bonchev–Trinajstić information content (AvgIpc) is 2.64. The standard InChI is InChI=1S/C14H17NO4.W/c1-9(18-2)7-10-5-3-4-6-11(8-10)12-13(16)15-14(17)19-12;/h7,11-12H,1,3-6H2,2H3,(H,15,16,17);. The maximum absolute atomic E-state index is 11.8. The van der Waals surface area contributed by atoms with Gasteiger partial charge < -0.3 is 0 Å². The van der Waals surface area contributed by atoms with Gasteiger partial charge in [0.15, 0.2) is 0 Å². The number of hydrogen-bond acceptors (Lipinski definition) is 4. The molecule has 0 aromatic rings. The Hall–Kier alpha value is -1.22. The average molecular weight is 447 g/mol. The molecule has 0 spiro atoms. The summed E-state index contributed by atoms with van der Waals surface area (Å²) in [4.78, 5) is 23.0. The second-order valence-corrected chi connectivity index (χ2v) is 6.45. The van der Waals surface area contributed by atoms with Crippen LogP contribution in [0.1, 0.15) is 25.7 Å². The minimum atomic E-state index is -0.688. The van der Waals surface area contributed by atoms with Gasteiger partial charge >= 0.3 is 128 Å². The zero-order valence-corrected chi connectivity index (χ0v) is 14.2. The second-order valence-electron chi connectivity index (χ2n) is 4.87. The molecule has 20 heavy (non-hydrogen) atoms. The molecule has 0 radical (unpaired) electrons. The van der Waals surface area contributed by atoms with Crippen molar-refractivity contribution in [3.63, 3.8) is 0 Å². The summed E-state index contributed by atoms with van der Waals surface area (Å²) in [5.74, 6) is 0.243. The number of rotatable bonds is 3. The Bertz CT molecular complexity index is 497. The summed E-state index contributed by atoms with van der Waals surface area (Å²) in [7, 11) is 1.59. The van der Waals surface area contributed by atoms with Crippen molar-refractivity contribution in [2.45, 2.75) is 31.8 Å². The van der Waals surface area contributed by atoms with E-state index in [1.54, 1.807) is 7.11 Å². The number of ether oxygens (including phenoxy) is 2. The van der Waals surface area contributed by atoms with E-state index in [2.05, 4.69) is 11.9 Å². The molecule has 0 bridgehead atoms. The molecule has 2 atom stereocenters. The number of carbonyl (C=O) groups is 2. The van der Waals surface area contributed by atoms with Gasteiger partial charge in [0.2, 0.25) is 0 Å². The molecule has 1 saturated heterocycles. The molecule has 1 N–H and O–H groups in total. The normalized spacial score (nSPS) is 28.9. The number of methoxy groups -OCH3 is 1. The Morgan fingerprint density at radius 1 is 1.50 bits per heavy atom. The Kier molecular flexibility index (Phi) is 4.92. The number of alkyl carbamates (subject to hydrolysis) is 1. The monoisotopic (exact) mass is 447 g/mol. The third kappa shape index (κ3) is 3.26. The molecular formula is C14H17NO4W. The van der Waals surface area contributed by atoms with Crippen molar-refractivity contribution in [1.29, 1.82) is 0 Å². The van der Waals surface area contributed by atoms with E-state index in [1.165, 1.54) is 19.4 Å². The number of carbonyl (C=O) groups excluding carboxylic acids is 2. The first-order valence-electron chi connectivity index (χ1n) is 6.52. The van der Waals surface area contributed by atoms with Crippen LogP contribution in [-0.2, 0) is 33.6 Å². The van der Waals surface area contributed by atoms with Crippen LogP contribution < -0.4 is 5.32 Å². The fraction of sp³-hybridized carbons (Fsp3) is 0.500. The van der Waals surface area contributed by atoms with Gasteiger partial charge in [-0.3, -0.25) is 0 Å². The van der Waals surface area contributed by atoms with Crippen molar-refractivity contribution < 1.29 is 38.4 Å². The SMILES string of the molecule is C=C(C=C1CCCCC(C2OC(=O)NC2=O)[C]1=[W])OC. The molecule has 1 aliphatic heterocycles. The number of cyclic esters (lactones) is 1. The van der Waals surface area contributed by atoms with Gasteiger partial charge in [0, 0.05) is 0 Å². The zero-order valence-electron chi connectivity index (χ0n) is 11.3. The van der Waals surface area contributed by atoms with Crippen LogP contribution >= 0.6 is 0 Å². The fourth-order valence-electron chi connectivity index (χ4n) is 2.49. The molecule has 2 amide bonds. The van der Waals surface area contributed by atoms with Gasteiger partial charge in [-0.2, -0.15) is 0 Å². The van der Waals surface area contributed by atoms with Gasteiger partial charge in [0.25, 0.3) is 0 Å². The van der Waals surface area contributed by atoms with E-state index in [9.17, 15) is 9.59 Å². The van der Waals surface area contributed by atoms with Crippen LogP contribution in [0.5, 0.6) is 0 Å². The number of hydrogen-bond donors (Lipinski definition) is 1. The summed E-state index contributed by atoms with van der Waals surface area (Å²) in [5, 5.41) is 2.21. The van der Waals surface area contributed by atoms with Crippen molar-refractivity contribution in [1.82, 2.24) is 5.32 Å². The van der Waals surface area contributed by atoms with E-state index < -0.39 is 12.2 Å². The molecule has 6 heteroatoms. The summed E-state index contributed by atoms with van der Waals surface area (Å²) >= 11 is 1.29. The second kappa shape index (κ2) is 6.49. The summed E-state index contributed by atoms with van der Waals surface area (Å²) in [6, 6.07) is 0. The number of imide groups is 1. The van der Waals surface area contributed by atoms with Gasteiger partial charge in [-0.15, -0.1) is 0 Å². The number of allylic oxidation sites excluding steroid dienone is 2. The molecule has 1 aliphatic carbocycles. The van der Waals surface area contributed by atoms with Crippen molar-refractivity contribution in [2.24, 2.45) is 5.92 Å².